The molecule has 3 aromatic rings. The van der Waals surface area contributed by atoms with Gasteiger partial charge in [0, 0.05) is 11.1 Å². The van der Waals surface area contributed by atoms with Crippen molar-refractivity contribution in [2.75, 3.05) is 0 Å². The van der Waals surface area contributed by atoms with Gasteiger partial charge >= 0.3 is 0 Å². The number of hydrogen-bond donors (Lipinski definition) is 1. The highest BCUT2D eigenvalue weighted by atomic mass is 32.2. The van der Waals surface area contributed by atoms with Crippen LogP contribution in [0.1, 0.15) is 60.5 Å². The van der Waals surface area contributed by atoms with Gasteiger partial charge in [0.1, 0.15) is 16.7 Å². The number of carbonyl (C=O) groups excluding carboxylic acids is 1. The van der Waals surface area contributed by atoms with Gasteiger partial charge in [-0.1, -0.05) is 66.7 Å². The number of benzene rings is 3. The van der Waals surface area contributed by atoms with Gasteiger partial charge in [-0.3, -0.25) is 4.79 Å². The Labute approximate surface area is 204 Å². The van der Waals surface area contributed by atoms with Gasteiger partial charge in [0.25, 0.3) is 6.02 Å². The summed E-state index contributed by atoms with van der Waals surface area (Å²) < 4.78 is 49.1. The molecule has 1 aliphatic heterocycles. The zero-order chi connectivity index (χ0) is 25.4. The van der Waals surface area contributed by atoms with Gasteiger partial charge in [-0.05, 0) is 50.5 Å². The molecule has 0 radical (unpaired) electrons. The zero-order valence-corrected chi connectivity index (χ0v) is 20.8. The third kappa shape index (κ3) is 5.12. The highest BCUT2D eigenvalue weighted by Crippen LogP contribution is 2.39. The summed E-state index contributed by atoms with van der Waals surface area (Å²) in [7, 11) is -3.90. The number of amidine groups is 1. The molecule has 1 aliphatic rings. The SMILES string of the molecule is CC(=O)c1ccc(-c2ccc(C3C(C)(C)OC(=NC(C)c4ccccc4F)NS3(=O)=O)cc2)cc1. The number of sulfonamides is 1. The third-order valence-corrected chi connectivity index (χ3v) is 7.95. The quantitative estimate of drug-likeness (QED) is 0.469. The first kappa shape index (κ1) is 24.6. The fourth-order valence-corrected chi connectivity index (χ4v) is 6.08. The number of aliphatic imine (C=N–C) groups is 1. The van der Waals surface area contributed by atoms with Gasteiger partial charge in [0.05, 0.1) is 6.04 Å². The highest BCUT2D eigenvalue weighted by Gasteiger charge is 2.48. The van der Waals surface area contributed by atoms with Gasteiger partial charge in [-0.15, -0.1) is 0 Å². The predicted octanol–water partition coefficient (Wildman–Crippen LogP) is 5.58. The summed E-state index contributed by atoms with van der Waals surface area (Å²) in [5.41, 5.74) is 2.21. The molecular weight excluding hydrogens is 467 g/mol. The van der Waals surface area contributed by atoms with Crippen LogP contribution in [0.5, 0.6) is 0 Å². The van der Waals surface area contributed by atoms with Crippen molar-refractivity contribution in [3.8, 4) is 11.1 Å². The topological polar surface area (TPSA) is 84.8 Å². The Morgan fingerprint density at radius 2 is 1.57 bits per heavy atom. The molecule has 2 unspecified atom stereocenters. The van der Waals surface area contributed by atoms with Crippen LogP contribution in [0, 0.1) is 5.82 Å². The largest absolute Gasteiger partial charge is 0.457 e. The molecule has 4 rings (SSSR count). The summed E-state index contributed by atoms with van der Waals surface area (Å²) in [5, 5.41) is -0.994. The van der Waals surface area contributed by atoms with Crippen molar-refractivity contribution >= 4 is 21.8 Å². The van der Waals surface area contributed by atoms with Crippen LogP contribution in [-0.2, 0) is 14.8 Å². The normalized spacial score (nSPS) is 20.5. The van der Waals surface area contributed by atoms with E-state index in [-0.39, 0.29) is 11.8 Å². The molecular formula is C27H27FN2O4S. The fraction of sp³-hybridized carbons (Fsp3) is 0.259. The van der Waals surface area contributed by atoms with Crippen molar-refractivity contribution in [1.82, 2.24) is 4.72 Å². The predicted molar refractivity (Wildman–Crippen MR) is 134 cm³/mol. The third-order valence-electron chi connectivity index (χ3n) is 6.04. The summed E-state index contributed by atoms with van der Waals surface area (Å²) in [5.74, 6) is -0.425. The van der Waals surface area contributed by atoms with Gasteiger partial charge < -0.3 is 4.74 Å². The van der Waals surface area contributed by atoms with E-state index in [1.165, 1.54) is 13.0 Å². The van der Waals surface area contributed by atoms with Crippen LogP contribution in [0.2, 0.25) is 0 Å². The number of nitrogens with one attached hydrogen (secondary N) is 1. The van der Waals surface area contributed by atoms with Crippen molar-refractivity contribution in [3.63, 3.8) is 0 Å². The Bertz CT molecular complexity index is 1380. The maximum Gasteiger partial charge on any atom is 0.299 e. The molecule has 0 spiro atoms. The summed E-state index contributed by atoms with van der Waals surface area (Å²) >= 11 is 0. The van der Waals surface area contributed by atoms with E-state index < -0.39 is 32.7 Å². The van der Waals surface area contributed by atoms with Crippen LogP contribution in [0.25, 0.3) is 11.1 Å². The second-order valence-electron chi connectivity index (χ2n) is 9.12. The highest BCUT2D eigenvalue weighted by molar-refractivity contribution is 7.90. The van der Waals surface area contributed by atoms with E-state index in [1.54, 1.807) is 63.2 Å². The minimum atomic E-state index is -3.90. The zero-order valence-electron chi connectivity index (χ0n) is 19.9. The van der Waals surface area contributed by atoms with Crippen molar-refractivity contribution in [3.05, 3.63) is 95.3 Å². The number of ether oxygens (including phenoxy) is 1. The number of hydrogen-bond acceptors (Lipinski definition) is 5. The molecule has 0 amide bonds. The molecule has 182 valence electrons. The van der Waals surface area contributed by atoms with Gasteiger partial charge in [-0.2, -0.15) is 0 Å². The summed E-state index contributed by atoms with van der Waals surface area (Å²) in [6.45, 7) is 6.56. The summed E-state index contributed by atoms with van der Waals surface area (Å²) in [6.07, 6.45) is 0. The monoisotopic (exact) mass is 494 g/mol. The molecule has 1 N–H and O–H groups in total. The number of halogens is 1. The van der Waals surface area contributed by atoms with Crippen LogP contribution >= 0.6 is 0 Å². The minimum absolute atomic E-state index is 0.00431. The Balaban J connectivity index is 1.59. The first-order valence-corrected chi connectivity index (χ1v) is 12.8. The molecule has 2 atom stereocenters. The van der Waals surface area contributed by atoms with Crippen molar-refractivity contribution in [2.45, 2.75) is 44.6 Å². The smallest absolute Gasteiger partial charge is 0.299 e. The van der Waals surface area contributed by atoms with E-state index in [1.807, 2.05) is 24.3 Å². The second-order valence-corrected chi connectivity index (χ2v) is 10.9. The van der Waals surface area contributed by atoms with Crippen LogP contribution in [0.3, 0.4) is 0 Å². The van der Waals surface area contributed by atoms with E-state index >= 15 is 0 Å². The number of ketones is 1. The average Bonchev–Trinajstić information content (AvgIpc) is 2.78. The molecule has 6 nitrogen and oxygen atoms in total. The number of nitrogens with zero attached hydrogens (tertiary/aromatic N) is 1. The number of carbonyl (C=O) groups is 1. The van der Waals surface area contributed by atoms with Crippen LogP contribution in [-0.4, -0.2) is 25.8 Å². The van der Waals surface area contributed by atoms with Crippen LogP contribution in [0.15, 0.2) is 77.8 Å². The standard InChI is InChI=1S/C27H27FN2O4S/c1-17(23-7-5-6-8-24(23)28)29-26-30-35(32,33)25(27(3,4)34-26)22-15-13-21(14-16-22)20-11-9-19(10-12-20)18(2)31/h5-17,25H,1-4H3,(H,29,30). The minimum Gasteiger partial charge on any atom is -0.457 e. The van der Waals surface area contributed by atoms with Gasteiger partial charge in [0.15, 0.2) is 5.78 Å². The molecule has 1 heterocycles. The first-order chi connectivity index (χ1) is 16.5. The molecule has 3 aromatic carbocycles. The van der Waals surface area contributed by atoms with E-state index in [9.17, 15) is 17.6 Å². The fourth-order valence-electron chi connectivity index (χ4n) is 4.32. The van der Waals surface area contributed by atoms with Crippen LogP contribution < -0.4 is 4.72 Å². The molecule has 1 saturated heterocycles. The van der Waals surface area contributed by atoms with Crippen molar-refractivity contribution in [1.29, 1.82) is 0 Å². The van der Waals surface area contributed by atoms with E-state index in [4.69, 9.17) is 4.74 Å². The maximum atomic E-state index is 14.1. The maximum absolute atomic E-state index is 14.1. The van der Waals surface area contributed by atoms with Gasteiger partial charge in [0.2, 0.25) is 10.0 Å². The molecule has 0 aromatic heterocycles. The lowest BCUT2D eigenvalue weighted by Crippen LogP contribution is -2.53. The Hall–Kier alpha value is -3.52. The Kier molecular flexibility index (Phi) is 6.51. The van der Waals surface area contributed by atoms with E-state index in [0.717, 1.165) is 11.1 Å². The van der Waals surface area contributed by atoms with Crippen molar-refractivity contribution < 1.29 is 22.3 Å². The lowest BCUT2D eigenvalue weighted by Gasteiger charge is -2.39. The summed E-state index contributed by atoms with van der Waals surface area (Å²) in [6, 6.07) is 19.8. The average molecular weight is 495 g/mol. The van der Waals surface area contributed by atoms with E-state index in [2.05, 4.69) is 9.71 Å². The number of rotatable bonds is 5. The Morgan fingerprint density at radius 3 is 2.11 bits per heavy atom. The second kappa shape index (κ2) is 9.26. The molecule has 0 bridgehead atoms. The van der Waals surface area contributed by atoms with Gasteiger partial charge in [-0.25, -0.2) is 22.5 Å². The Morgan fingerprint density at radius 1 is 1.00 bits per heavy atom. The van der Waals surface area contributed by atoms with Crippen LogP contribution in [0.4, 0.5) is 4.39 Å². The molecule has 0 aliphatic carbocycles. The first-order valence-electron chi connectivity index (χ1n) is 11.2. The molecule has 1 fully saturated rings. The molecule has 0 saturated carbocycles. The van der Waals surface area contributed by atoms with Crippen molar-refractivity contribution in [2.24, 2.45) is 4.99 Å². The lowest BCUT2D eigenvalue weighted by molar-refractivity contribution is 0.0761. The number of Topliss-reactive ketones (excluding diaryl/α,β-unsaturated/α-hetero) is 1. The van der Waals surface area contributed by atoms with E-state index in [0.29, 0.717) is 16.7 Å². The molecule has 8 heteroatoms. The lowest BCUT2D eigenvalue weighted by atomic mass is 9.95. The molecule has 35 heavy (non-hydrogen) atoms. The summed E-state index contributed by atoms with van der Waals surface area (Å²) in [4.78, 5) is 15.8.